The molecule has 0 bridgehead atoms. The zero-order valence-electron chi connectivity index (χ0n) is 14.9. The van der Waals surface area contributed by atoms with Crippen LogP contribution in [0.2, 0.25) is 0 Å². The Morgan fingerprint density at radius 3 is 2.00 bits per heavy atom. The predicted octanol–water partition coefficient (Wildman–Crippen LogP) is 3.75. The Labute approximate surface area is 163 Å². The standard InChI is InChI=1S/C22H18FNO3S/c23-18-11-13-19(14-12-18)28(26,27)21-20(17-9-5-2-6-10-17)24(22(21)25)15-16-7-3-1-4-8-16/h1-14,20-21H,15H2/t20-,21-/m1/s1. The van der Waals surface area contributed by atoms with Gasteiger partial charge in [0.25, 0.3) is 0 Å². The monoisotopic (exact) mass is 395 g/mol. The maximum absolute atomic E-state index is 13.2. The van der Waals surface area contributed by atoms with Gasteiger partial charge >= 0.3 is 0 Å². The van der Waals surface area contributed by atoms with Gasteiger partial charge in [-0.05, 0) is 35.4 Å². The number of hydrogen-bond acceptors (Lipinski definition) is 3. The highest BCUT2D eigenvalue weighted by Gasteiger charge is 2.55. The van der Waals surface area contributed by atoms with Crippen LogP contribution in [0.3, 0.4) is 0 Å². The second kappa shape index (κ2) is 7.20. The fraction of sp³-hybridized carbons (Fsp3) is 0.136. The number of nitrogens with zero attached hydrogens (tertiary/aromatic N) is 1. The molecule has 0 aliphatic carbocycles. The van der Waals surface area contributed by atoms with E-state index in [9.17, 15) is 17.6 Å². The van der Waals surface area contributed by atoms with E-state index in [0.29, 0.717) is 6.54 Å². The number of halogens is 1. The van der Waals surface area contributed by atoms with Gasteiger partial charge in [0.2, 0.25) is 5.91 Å². The minimum atomic E-state index is -3.95. The van der Waals surface area contributed by atoms with Gasteiger partial charge in [0.05, 0.1) is 10.9 Å². The molecule has 142 valence electrons. The van der Waals surface area contributed by atoms with E-state index in [1.807, 2.05) is 60.7 Å². The van der Waals surface area contributed by atoms with Crippen molar-refractivity contribution < 1.29 is 17.6 Å². The lowest BCUT2D eigenvalue weighted by Gasteiger charge is -2.46. The molecule has 0 N–H and O–H groups in total. The molecule has 1 aliphatic heterocycles. The average molecular weight is 395 g/mol. The van der Waals surface area contributed by atoms with Crippen molar-refractivity contribution in [3.63, 3.8) is 0 Å². The van der Waals surface area contributed by atoms with Crippen molar-refractivity contribution in [3.8, 4) is 0 Å². The van der Waals surface area contributed by atoms with E-state index in [-0.39, 0.29) is 4.90 Å². The van der Waals surface area contributed by atoms with Crippen LogP contribution in [0.1, 0.15) is 17.2 Å². The molecule has 1 heterocycles. The molecule has 3 aromatic rings. The molecule has 1 aliphatic rings. The Bertz CT molecular complexity index is 1080. The smallest absolute Gasteiger partial charge is 0.244 e. The Morgan fingerprint density at radius 1 is 0.821 bits per heavy atom. The van der Waals surface area contributed by atoms with Crippen LogP contribution in [-0.4, -0.2) is 24.5 Å². The van der Waals surface area contributed by atoms with Crippen molar-refractivity contribution in [1.82, 2.24) is 4.90 Å². The van der Waals surface area contributed by atoms with Crippen LogP contribution in [0, 0.1) is 5.82 Å². The minimum Gasteiger partial charge on any atom is -0.328 e. The highest BCUT2D eigenvalue weighted by atomic mass is 32.2. The number of β-lactam (4-membered cyclic amide) rings is 1. The maximum Gasteiger partial charge on any atom is 0.244 e. The van der Waals surface area contributed by atoms with Gasteiger partial charge in [-0.15, -0.1) is 0 Å². The molecule has 3 aromatic carbocycles. The Hall–Kier alpha value is -2.99. The van der Waals surface area contributed by atoms with Gasteiger partial charge in [-0.1, -0.05) is 60.7 Å². The minimum absolute atomic E-state index is 0.0486. The van der Waals surface area contributed by atoms with Crippen LogP contribution in [0.15, 0.2) is 89.8 Å². The van der Waals surface area contributed by atoms with Crippen LogP contribution in [0.4, 0.5) is 4.39 Å². The van der Waals surface area contributed by atoms with E-state index in [1.54, 1.807) is 4.90 Å². The molecule has 0 radical (unpaired) electrons. The van der Waals surface area contributed by atoms with Crippen molar-refractivity contribution in [2.45, 2.75) is 22.7 Å². The number of benzene rings is 3. The maximum atomic E-state index is 13.2. The first-order valence-corrected chi connectivity index (χ1v) is 10.4. The van der Waals surface area contributed by atoms with Crippen molar-refractivity contribution >= 4 is 15.7 Å². The summed E-state index contributed by atoms with van der Waals surface area (Å²) in [5.74, 6) is -0.966. The average Bonchev–Trinajstić information content (AvgIpc) is 2.71. The number of rotatable bonds is 5. The summed E-state index contributed by atoms with van der Waals surface area (Å²) in [6, 6.07) is 22.6. The van der Waals surface area contributed by atoms with Crippen LogP contribution in [-0.2, 0) is 21.2 Å². The number of carbonyl (C=O) groups excluding carboxylic acids is 1. The van der Waals surface area contributed by atoms with Gasteiger partial charge in [0.1, 0.15) is 5.82 Å². The molecule has 1 amide bonds. The third-order valence-electron chi connectivity index (χ3n) is 4.96. The molecule has 2 atom stereocenters. The first kappa shape index (κ1) is 18.4. The summed E-state index contributed by atoms with van der Waals surface area (Å²) in [7, 11) is -3.95. The lowest BCUT2D eigenvalue weighted by molar-refractivity contribution is -0.146. The number of likely N-dealkylation sites (tertiary alicyclic amines) is 1. The second-order valence-corrected chi connectivity index (χ2v) is 8.80. The summed E-state index contributed by atoms with van der Waals surface area (Å²) in [5, 5.41) is -1.22. The van der Waals surface area contributed by atoms with Gasteiger partial charge in [0.15, 0.2) is 15.1 Å². The summed E-state index contributed by atoms with van der Waals surface area (Å²) in [6.45, 7) is 0.328. The molecule has 6 heteroatoms. The van der Waals surface area contributed by atoms with Crippen molar-refractivity contribution in [2.75, 3.05) is 0 Å². The summed E-state index contributed by atoms with van der Waals surface area (Å²) >= 11 is 0. The molecule has 4 nitrogen and oxygen atoms in total. The van der Waals surface area contributed by atoms with E-state index in [1.165, 1.54) is 12.1 Å². The van der Waals surface area contributed by atoms with Crippen molar-refractivity contribution in [2.24, 2.45) is 0 Å². The number of amides is 1. The highest BCUT2D eigenvalue weighted by Crippen LogP contribution is 2.42. The van der Waals surface area contributed by atoms with Gasteiger partial charge in [-0.2, -0.15) is 0 Å². The van der Waals surface area contributed by atoms with E-state index < -0.39 is 32.9 Å². The molecular formula is C22H18FNO3S. The van der Waals surface area contributed by atoms with Crippen molar-refractivity contribution in [3.05, 3.63) is 102 Å². The zero-order chi connectivity index (χ0) is 19.7. The second-order valence-electron chi connectivity index (χ2n) is 6.73. The first-order valence-electron chi connectivity index (χ1n) is 8.87. The van der Waals surface area contributed by atoms with E-state index >= 15 is 0 Å². The molecule has 28 heavy (non-hydrogen) atoms. The third kappa shape index (κ3) is 3.20. The SMILES string of the molecule is O=C1[C@H](S(=O)(=O)c2ccc(F)cc2)[C@@H](c2ccccc2)N1Cc1ccccc1. The number of hydrogen-bond donors (Lipinski definition) is 0. The molecule has 0 aromatic heterocycles. The lowest BCUT2D eigenvalue weighted by Crippen LogP contribution is -2.61. The topological polar surface area (TPSA) is 54.5 Å². The number of sulfone groups is 1. The molecule has 4 rings (SSSR count). The Balaban J connectivity index is 1.72. The summed E-state index contributed by atoms with van der Waals surface area (Å²) in [6.07, 6.45) is 0. The third-order valence-corrected chi connectivity index (χ3v) is 7.02. The van der Waals surface area contributed by atoms with Gasteiger partial charge in [-0.3, -0.25) is 4.79 Å². The Kier molecular flexibility index (Phi) is 4.73. The normalized spacial score (nSPS) is 19.3. The number of carbonyl (C=O) groups is 1. The van der Waals surface area contributed by atoms with Crippen molar-refractivity contribution in [1.29, 1.82) is 0 Å². The molecular weight excluding hydrogens is 377 g/mol. The zero-order valence-corrected chi connectivity index (χ0v) is 15.7. The lowest BCUT2D eigenvalue weighted by atomic mass is 9.92. The predicted molar refractivity (Wildman–Crippen MR) is 104 cm³/mol. The fourth-order valence-corrected chi connectivity index (χ4v) is 5.40. The van der Waals surface area contributed by atoms with Gasteiger partial charge in [-0.25, -0.2) is 12.8 Å². The summed E-state index contributed by atoms with van der Waals surface area (Å²) in [5.41, 5.74) is 1.68. The molecule has 1 fully saturated rings. The Morgan fingerprint density at radius 2 is 1.39 bits per heavy atom. The van der Waals surface area contributed by atoms with E-state index in [4.69, 9.17) is 0 Å². The fourth-order valence-electron chi connectivity index (χ4n) is 3.55. The van der Waals surface area contributed by atoms with Crippen LogP contribution < -0.4 is 0 Å². The van der Waals surface area contributed by atoms with Gasteiger partial charge < -0.3 is 4.90 Å². The van der Waals surface area contributed by atoms with Gasteiger partial charge in [0, 0.05) is 6.54 Å². The first-order chi connectivity index (χ1) is 13.5. The van der Waals surface area contributed by atoms with Crippen LogP contribution in [0.25, 0.3) is 0 Å². The quantitative estimate of drug-likeness (QED) is 0.488. The molecule has 0 saturated carbocycles. The molecule has 0 unspecified atom stereocenters. The van der Waals surface area contributed by atoms with Crippen LogP contribution >= 0.6 is 0 Å². The summed E-state index contributed by atoms with van der Waals surface area (Å²) in [4.78, 5) is 14.4. The molecule has 0 spiro atoms. The van der Waals surface area contributed by atoms with E-state index in [0.717, 1.165) is 23.3 Å². The largest absolute Gasteiger partial charge is 0.328 e. The van der Waals surface area contributed by atoms with Crippen LogP contribution in [0.5, 0.6) is 0 Å². The molecule has 1 saturated heterocycles. The highest BCUT2D eigenvalue weighted by molar-refractivity contribution is 7.93. The summed E-state index contributed by atoms with van der Waals surface area (Å²) < 4.78 is 39.5. The van der Waals surface area contributed by atoms with E-state index in [2.05, 4.69) is 0 Å².